The van der Waals surface area contributed by atoms with Gasteiger partial charge in [-0.3, -0.25) is 0 Å². The van der Waals surface area contributed by atoms with Crippen molar-refractivity contribution in [2.45, 2.75) is 51.5 Å². The van der Waals surface area contributed by atoms with Gasteiger partial charge >= 0.3 is 0 Å². The monoisotopic (exact) mass is 248 g/mol. The third-order valence-electron chi connectivity index (χ3n) is 3.95. The van der Waals surface area contributed by atoms with Crippen molar-refractivity contribution >= 4 is 11.8 Å². The van der Waals surface area contributed by atoms with Gasteiger partial charge in [0.05, 0.1) is 0 Å². The van der Waals surface area contributed by atoms with Gasteiger partial charge in [0.15, 0.2) is 0 Å². The summed E-state index contributed by atoms with van der Waals surface area (Å²) in [6.07, 6.45) is 0. The third-order valence-corrected chi connectivity index (χ3v) is 6.39. The quantitative estimate of drug-likeness (QED) is 0.607. The first kappa shape index (κ1) is 13.0. The maximum absolute atomic E-state index is 2.38. The van der Waals surface area contributed by atoms with Gasteiger partial charge in [0.1, 0.15) is 0 Å². The van der Waals surface area contributed by atoms with Gasteiger partial charge in [-0.25, -0.2) is 0 Å². The van der Waals surface area contributed by atoms with Gasteiger partial charge in [0, 0.05) is 10.00 Å². The molecule has 1 heterocycles. The van der Waals surface area contributed by atoms with E-state index in [0.717, 1.165) is 0 Å². The molecule has 0 aliphatic carbocycles. The fraction of sp³-hybridized carbons (Fsp3) is 0.625. The van der Waals surface area contributed by atoms with E-state index in [4.69, 9.17) is 0 Å². The molecule has 0 saturated carbocycles. The Bertz CT molecular complexity index is 378. The second-order valence-electron chi connectivity index (χ2n) is 7.14. The molecule has 1 aliphatic rings. The van der Waals surface area contributed by atoms with Crippen molar-refractivity contribution in [2.75, 3.05) is 0 Å². The highest BCUT2D eigenvalue weighted by molar-refractivity contribution is 8.08. The molecule has 0 spiro atoms. The average molecular weight is 248 g/mol. The van der Waals surface area contributed by atoms with Crippen molar-refractivity contribution in [3.05, 3.63) is 35.9 Å². The van der Waals surface area contributed by atoms with Crippen LogP contribution in [0.3, 0.4) is 0 Å². The first-order valence-corrected chi connectivity index (χ1v) is 7.31. The van der Waals surface area contributed by atoms with Crippen LogP contribution in [0.5, 0.6) is 0 Å². The summed E-state index contributed by atoms with van der Waals surface area (Å²) < 4.78 is 0.362. The Morgan fingerprint density at radius 1 is 0.882 bits per heavy atom. The maximum Gasteiger partial charge on any atom is 0.0461 e. The minimum absolute atomic E-state index is 0.330. The number of hydrogen-bond donors (Lipinski definition) is 0. The first-order chi connectivity index (χ1) is 7.70. The molecule has 0 amide bonds. The van der Waals surface area contributed by atoms with Crippen LogP contribution >= 0.6 is 11.8 Å². The van der Waals surface area contributed by atoms with Crippen LogP contribution in [0.2, 0.25) is 0 Å². The lowest BCUT2D eigenvalue weighted by Gasteiger charge is -2.41. The lowest BCUT2D eigenvalue weighted by molar-refractivity contribution is 0.170. The van der Waals surface area contributed by atoms with Gasteiger partial charge in [-0.2, -0.15) is 0 Å². The fourth-order valence-electron chi connectivity index (χ4n) is 3.35. The Balaban J connectivity index is 2.38. The highest BCUT2D eigenvalue weighted by atomic mass is 32.2. The summed E-state index contributed by atoms with van der Waals surface area (Å²) in [6.45, 7) is 14.3. The van der Waals surface area contributed by atoms with E-state index in [1.807, 2.05) is 0 Å². The van der Waals surface area contributed by atoms with Crippen LogP contribution in [-0.2, 0) is 0 Å². The lowest BCUT2D eigenvalue weighted by atomic mass is 9.64. The second-order valence-corrected chi connectivity index (χ2v) is 8.50. The normalized spacial score (nSPS) is 23.5. The summed E-state index contributed by atoms with van der Waals surface area (Å²) in [5, 5.41) is 0.656. The van der Waals surface area contributed by atoms with Gasteiger partial charge < -0.3 is 0 Å². The van der Waals surface area contributed by atoms with E-state index in [-0.39, 0.29) is 0 Å². The van der Waals surface area contributed by atoms with E-state index < -0.39 is 0 Å². The molecule has 1 aromatic carbocycles. The van der Waals surface area contributed by atoms with E-state index in [1.54, 1.807) is 0 Å². The molecule has 1 aromatic rings. The molecule has 1 atom stereocenters. The lowest BCUT2D eigenvalue weighted by Crippen LogP contribution is -2.41. The summed E-state index contributed by atoms with van der Waals surface area (Å²) in [6, 6.07) is 11.0. The maximum atomic E-state index is 2.38. The van der Waals surface area contributed by atoms with Crippen molar-refractivity contribution < 1.29 is 0 Å². The zero-order chi connectivity index (χ0) is 12.9. The van der Waals surface area contributed by atoms with Gasteiger partial charge in [0.2, 0.25) is 0 Å². The molecule has 0 nitrogen and oxygen atoms in total. The Morgan fingerprint density at radius 2 is 1.35 bits per heavy atom. The van der Waals surface area contributed by atoms with E-state index >= 15 is 0 Å². The van der Waals surface area contributed by atoms with Gasteiger partial charge in [0.25, 0.3) is 0 Å². The second kappa shape index (κ2) is 3.78. The average Bonchev–Trinajstić information content (AvgIpc) is 2.93. The summed E-state index contributed by atoms with van der Waals surface area (Å²) in [5.74, 6) is 0. The van der Waals surface area contributed by atoms with E-state index in [9.17, 15) is 0 Å². The molecule has 1 unspecified atom stereocenters. The molecule has 2 rings (SSSR count). The Hall–Kier alpha value is -0.430. The number of hydrogen-bond acceptors (Lipinski definition) is 1. The topological polar surface area (TPSA) is 0 Å². The van der Waals surface area contributed by atoms with Crippen LogP contribution in [0.4, 0.5) is 0 Å². The van der Waals surface area contributed by atoms with Crippen molar-refractivity contribution in [2.24, 2.45) is 10.8 Å². The van der Waals surface area contributed by atoms with Crippen molar-refractivity contribution in [3.63, 3.8) is 0 Å². The molecule has 1 saturated heterocycles. The molecule has 0 bridgehead atoms. The molecular formula is C16H24S. The summed E-state index contributed by atoms with van der Waals surface area (Å²) in [7, 11) is 0. The third kappa shape index (κ3) is 1.93. The van der Waals surface area contributed by atoms with Crippen LogP contribution in [-0.4, -0.2) is 4.75 Å². The highest BCUT2D eigenvalue weighted by Gasteiger charge is 2.68. The number of rotatable bonds is 1. The summed E-state index contributed by atoms with van der Waals surface area (Å²) in [5.41, 5.74) is 2.15. The largest absolute Gasteiger partial charge is 0.143 e. The predicted molar refractivity (Wildman–Crippen MR) is 78.4 cm³/mol. The highest BCUT2D eigenvalue weighted by Crippen LogP contribution is 2.78. The predicted octanol–water partition coefficient (Wildman–Crippen LogP) is 5.31. The minimum Gasteiger partial charge on any atom is -0.143 e. The van der Waals surface area contributed by atoms with Crippen LogP contribution in [0.25, 0.3) is 0 Å². The molecule has 0 N–H and O–H groups in total. The Morgan fingerprint density at radius 3 is 1.71 bits per heavy atom. The number of benzene rings is 1. The molecule has 1 aliphatic heterocycles. The van der Waals surface area contributed by atoms with Crippen LogP contribution in [0, 0.1) is 10.8 Å². The molecule has 17 heavy (non-hydrogen) atoms. The Kier molecular flexibility index (Phi) is 2.89. The molecule has 94 valence electrons. The summed E-state index contributed by atoms with van der Waals surface area (Å²) >= 11 is 2.15. The number of thioether (sulfide) groups is 1. The van der Waals surface area contributed by atoms with Crippen molar-refractivity contribution in [3.8, 4) is 0 Å². The molecule has 1 heteroatoms. The summed E-state index contributed by atoms with van der Waals surface area (Å²) in [4.78, 5) is 0. The van der Waals surface area contributed by atoms with Crippen molar-refractivity contribution in [1.82, 2.24) is 0 Å². The molecule has 0 radical (unpaired) electrons. The van der Waals surface area contributed by atoms with E-state index in [1.165, 1.54) is 5.56 Å². The van der Waals surface area contributed by atoms with Crippen LogP contribution in [0.1, 0.15) is 52.4 Å². The standard InChI is InChI=1S/C16H24S/c1-14(2,3)16(15(4,5)6)13(17-16)12-10-8-7-9-11-12/h7-11,13H,1-6H3. The van der Waals surface area contributed by atoms with Gasteiger partial charge in [-0.1, -0.05) is 71.9 Å². The zero-order valence-electron chi connectivity index (χ0n) is 11.9. The van der Waals surface area contributed by atoms with Gasteiger partial charge in [-0.05, 0) is 16.4 Å². The van der Waals surface area contributed by atoms with Gasteiger partial charge in [-0.15, -0.1) is 11.8 Å². The molecular weight excluding hydrogens is 224 g/mol. The van der Waals surface area contributed by atoms with E-state index in [0.29, 0.717) is 20.8 Å². The Labute approximate surface area is 110 Å². The first-order valence-electron chi connectivity index (χ1n) is 6.43. The SMILES string of the molecule is CC(C)(C)C1(C(C)(C)C)SC1c1ccccc1. The smallest absolute Gasteiger partial charge is 0.0461 e. The van der Waals surface area contributed by atoms with Crippen LogP contribution in [0.15, 0.2) is 30.3 Å². The minimum atomic E-state index is 0.330. The van der Waals surface area contributed by atoms with E-state index in [2.05, 4.69) is 83.6 Å². The molecule has 0 aromatic heterocycles. The fourth-order valence-corrected chi connectivity index (χ4v) is 5.49. The zero-order valence-corrected chi connectivity index (χ0v) is 12.7. The van der Waals surface area contributed by atoms with Crippen LogP contribution < -0.4 is 0 Å². The molecule has 1 fully saturated rings. The van der Waals surface area contributed by atoms with Crippen molar-refractivity contribution in [1.29, 1.82) is 0 Å².